The first kappa shape index (κ1) is 16.3. The zero-order valence-electron chi connectivity index (χ0n) is 13.9. The molecular formula is C17H30N2O2. The Morgan fingerprint density at radius 1 is 1.19 bits per heavy atom. The summed E-state index contributed by atoms with van der Waals surface area (Å²) in [7, 11) is 0. The summed E-state index contributed by atoms with van der Waals surface area (Å²) in [5, 5.41) is 3.04. The summed E-state index contributed by atoms with van der Waals surface area (Å²) >= 11 is 0. The lowest BCUT2D eigenvalue weighted by Crippen LogP contribution is -2.72. The van der Waals surface area contributed by atoms with Gasteiger partial charge in [0.05, 0.1) is 0 Å². The normalized spacial score (nSPS) is 27.1. The molecule has 2 atom stereocenters. The van der Waals surface area contributed by atoms with Crippen molar-refractivity contribution in [1.29, 1.82) is 0 Å². The molecule has 2 amide bonds. The van der Waals surface area contributed by atoms with Crippen LogP contribution in [0.5, 0.6) is 0 Å². The standard InChI is InChI=1S/C17H30N2O2/c1-5-13(4)19-15(20)14(11-12(2)3)18-16(21)17(19)9-7-6-8-10-17/h12-14H,5-11H2,1-4H3,(H,18,21). The predicted octanol–water partition coefficient (Wildman–Crippen LogP) is 2.86. The number of carbonyl (C=O) groups is 2. The molecule has 2 unspecified atom stereocenters. The van der Waals surface area contributed by atoms with E-state index in [1.165, 1.54) is 6.42 Å². The van der Waals surface area contributed by atoms with Crippen LogP contribution in [-0.4, -0.2) is 34.3 Å². The van der Waals surface area contributed by atoms with E-state index in [4.69, 9.17) is 0 Å². The largest absolute Gasteiger partial charge is 0.342 e. The summed E-state index contributed by atoms with van der Waals surface area (Å²) in [6.45, 7) is 8.37. The molecule has 0 aromatic heterocycles. The number of hydrogen-bond donors (Lipinski definition) is 1. The third-order valence-electron chi connectivity index (χ3n) is 5.14. The highest BCUT2D eigenvalue weighted by Gasteiger charge is 2.53. The number of amides is 2. The van der Waals surface area contributed by atoms with Gasteiger partial charge in [0, 0.05) is 6.04 Å². The van der Waals surface area contributed by atoms with Crippen LogP contribution in [-0.2, 0) is 9.59 Å². The van der Waals surface area contributed by atoms with E-state index in [9.17, 15) is 9.59 Å². The molecule has 1 saturated carbocycles. The van der Waals surface area contributed by atoms with Crippen molar-refractivity contribution in [1.82, 2.24) is 10.2 Å². The van der Waals surface area contributed by atoms with E-state index in [0.29, 0.717) is 5.92 Å². The molecule has 4 heteroatoms. The van der Waals surface area contributed by atoms with Crippen molar-refractivity contribution in [3.8, 4) is 0 Å². The fourth-order valence-electron chi connectivity index (χ4n) is 3.90. The van der Waals surface area contributed by atoms with Crippen LogP contribution < -0.4 is 5.32 Å². The van der Waals surface area contributed by atoms with Crippen molar-refractivity contribution >= 4 is 11.8 Å². The number of hydrogen-bond acceptors (Lipinski definition) is 2. The third kappa shape index (κ3) is 2.95. The Morgan fingerprint density at radius 2 is 1.81 bits per heavy atom. The molecular weight excluding hydrogens is 264 g/mol. The number of piperazine rings is 1. The fourth-order valence-corrected chi connectivity index (χ4v) is 3.90. The van der Waals surface area contributed by atoms with Crippen molar-refractivity contribution in [2.24, 2.45) is 5.92 Å². The smallest absolute Gasteiger partial charge is 0.246 e. The Morgan fingerprint density at radius 3 is 2.33 bits per heavy atom. The fraction of sp³-hybridized carbons (Fsp3) is 0.882. The minimum atomic E-state index is -0.571. The van der Waals surface area contributed by atoms with Crippen LogP contribution in [0.1, 0.15) is 72.6 Å². The predicted molar refractivity (Wildman–Crippen MR) is 83.8 cm³/mol. The molecule has 2 fully saturated rings. The van der Waals surface area contributed by atoms with E-state index >= 15 is 0 Å². The molecule has 0 bridgehead atoms. The minimum absolute atomic E-state index is 0.0905. The molecule has 0 aromatic rings. The van der Waals surface area contributed by atoms with Crippen molar-refractivity contribution in [3.05, 3.63) is 0 Å². The molecule has 1 heterocycles. The van der Waals surface area contributed by atoms with E-state index in [-0.39, 0.29) is 23.9 Å². The van der Waals surface area contributed by atoms with Crippen LogP contribution in [0.25, 0.3) is 0 Å². The molecule has 2 rings (SSSR count). The zero-order chi connectivity index (χ0) is 15.6. The number of rotatable bonds is 4. The van der Waals surface area contributed by atoms with Gasteiger partial charge in [-0.2, -0.15) is 0 Å². The summed E-state index contributed by atoms with van der Waals surface area (Å²) in [5.41, 5.74) is -0.571. The average Bonchev–Trinajstić information content (AvgIpc) is 2.45. The minimum Gasteiger partial charge on any atom is -0.342 e. The second-order valence-electron chi connectivity index (χ2n) is 7.21. The summed E-state index contributed by atoms with van der Waals surface area (Å²) < 4.78 is 0. The molecule has 2 aliphatic rings. The summed E-state index contributed by atoms with van der Waals surface area (Å²) in [4.78, 5) is 27.8. The molecule has 120 valence electrons. The van der Waals surface area contributed by atoms with Gasteiger partial charge < -0.3 is 10.2 Å². The summed E-state index contributed by atoms with van der Waals surface area (Å²) in [6.07, 6.45) is 6.54. The lowest BCUT2D eigenvalue weighted by Gasteiger charge is -2.52. The Labute approximate surface area is 128 Å². The summed E-state index contributed by atoms with van der Waals surface area (Å²) in [5.74, 6) is 0.630. The van der Waals surface area contributed by atoms with E-state index < -0.39 is 5.54 Å². The average molecular weight is 294 g/mol. The molecule has 4 nitrogen and oxygen atoms in total. The highest BCUT2D eigenvalue weighted by molar-refractivity contribution is 6.00. The van der Waals surface area contributed by atoms with Gasteiger partial charge in [0.1, 0.15) is 11.6 Å². The van der Waals surface area contributed by atoms with Crippen LogP contribution >= 0.6 is 0 Å². The highest BCUT2D eigenvalue weighted by Crippen LogP contribution is 2.39. The first-order chi connectivity index (χ1) is 9.92. The van der Waals surface area contributed by atoms with Gasteiger partial charge >= 0.3 is 0 Å². The topological polar surface area (TPSA) is 49.4 Å². The molecule has 1 spiro atoms. The third-order valence-corrected chi connectivity index (χ3v) is 5.14. The molecule has 21 heavy (non-hydrogen) atoms. The van der Waals surface area contributed by atoms with Crippen molar-refractivity contribution < 1.29 is 9.59 Å². The quantitative estimate of drug-likeness (QED) is 0.866. The summed E-state index contributed by atoms with van der Waals surface area (Å²) in [6, 6.07) is -0.199. The molecule has 1 aliphatic heterocycles. The Hall–Kier alpha value is -1.06. The molecule has 1 aliphatic carbocycles. The van der Waals surface area contributed by atoms with Crippen molar-refractivity contribution in [2.45, 2.75) is 90.3 Å². The van der Waals surface area contributed by atoms with Gasteiger partial charge in [0.15, 0.2) is 0 Å². The molecule has 0 aromatic carbocycles. The van der Waals surface area contributed by atoms with E-state index in [0.717, 1.165) is 38.5 Å². The van der Waals surface area contributed by atoms with Gasteiger partial charge in [0.25, 0.3) is 0 Å². The van der Waals surface area contributed by atoms with Crippen molar-refractivity contribution in [2.75, 3.05) is 0 Å². The van der Waals surface area contributed by atoms with Gasteiger partial charge in [-0.15, -0.1) is 0 Å². The van der Waals surface area contributed by atoms with Gasteiger partial charge in [-0.05, 0) is 38.5 Å². The molecule has 1 saturated heterocycles. The van der Waals surface area contributed by atoms with Crippen LogP contribution in [0.15, 0.2) is 0 Å². The second-order valence-corrected chi connectivity index (χ2v) is 7.21. The Balaban J connectivity index is 2.33. The van der Waals surface area contributed by atoms with Gasteiger partial charge in [0.2, 0.25) is 11.8 Å². The van der Waals surface area contributed by atoms with Crippen LogP contribution in [0, 0.1) is 5.92 Å². The maximum Gasteiger partial charge on any atom is 0.246 e. The van der Waals surface area contributed by atoms with E-state index in [1.807, 2.05) is 4.90 Å². The van der Waals surface area contributed by atoms with Crippen LogP contribution in [0.3, 0.4) is 0 Å². The maximum atomic E-state index is 13.0. The van der Waals surface area contributed by atoms with Gasteiger partial charge in [-0.25, -0.2) is 0 Å². The van der Waals surface area contributed by atoms with E-state index in [2.05, 4.69) is 33.0 Å². The van der Waals surface area contributed by atoms with Gasteiger partial charge in [-0.3, -0.25) is 9.59 Å². The lowest BCUT2D eigenvalue weighted by molar-refractivity contribution is -0.164. The monoisotopic (exact) mass is 294 g/mol. The second kappa shape index (κ2) is 6.37. The number of carbonyl (C=O) groups excluding carboxylic acids is 2. The first-order valence-corrected chi connectivity index (χ1v) is 8.56. The maximum absolute atomic E-state index is 13.0. The number of nitrogens with one attached hydrogen (secondary N) is 1. The van der Waals surface area contributed by atoms with Crippen LogP contribution in [0.2, 0.25) is 0 Å². The molecule has 0 radical (unpaired) electrons. The lowest BCUT2D eigenvalue weighted by atomic mass is 9.76. The number of nitrogens with zero attached hydrogens (tertiary/aromatic N) is 1. The zero-order valence-corrected chi connectivity index (χ0v) is 13.9. The van der Waals surface area contributed by atoms with Gasteiger partial charge in [-0.1, -0.05) is 40.0 Å². The molecule has 1 N–H and O–H groups in total. The van der Waals surface area contributed by atoms with Crippen molar-refractivity contribution in [3.63, 3.8) is 0 Å². The van der Waals surface area contributed by atoms with Crippen LogP contribution in [0.4, 0.5) is 0 Å². The SMILES string of the molecule is CCC(C)N1C(=O)C(CC(C)C)NC(=O)C12CCCCC2. The Kier molecular flexibility index (Phi) is 4.95. The first-order valence-electron chi connectivity index (χ1n) is 8.56. The Bertz CT molecular complexity index is 400. The highest BCUT2D eigenvalue weighted by atomic mass is 16.2. The van der Waals surface area contributed by atoms with E-state index in [1.54, 1.807) is 0 Å².